The number of aromatic nitrogens is 1. The molecule has 1 aromatic heterocycles. The van der Waals surface area contributed by atoms with E-state index in [9.17, 15) is 4.79 Å². The van der Waals surface area contributed by atoms with E-state index >= 15 is 0 Å². The molecule has 0 spiro atoms. The maximum absolute atomic E-state index is 11.3. The van der Waals surface area contributed by atoms with Gasteiger partial charge in [0.2, 0.25) is 0 Å². The highest BCUT2D eigenvalue weighted by molar-refractivity contribution is 5.83. The van der Waals surface area contributed by atoms with Gasteiger partial charge in [-0.15, -0.1) is 0 Å². The number of carbonyl (C=O) groups is 1. The first-order valence-corrected chi connectivity index (χ1v) is 7.19. The number of benzene rings is 1. The average Bonchev–Trinajstić information content (AvgIpc) is 2.82. The number of para-hydroxylation sites is 1. The summed E-state index contributed by atoms with van der Waals surface area (Å²) in [5, 5.41) is 4.58. The zero-order valence-electron chi connectivity index (χ0n) is 12.2. The van der Waals surface area contributed by atoms with Gasteiger partial charge in [-0.1, -0.05) is 18.2 Å². The highest BCUT2D eigenvalue weighted by Crippen LogP contribution is 2.21. The summed E-state index contributed by atoms with van der Waals surface area (Å²) < 4.78 is 7.15. The summed E-state index contributed by atoms with van der Waals surface area (Å²) in [6, 6.07) is 8.40. The third-order valence-corrected chi connectivity index (χ3v) is 3.34. The summed E-state index contributed by atoms with van der Waals surface area (Å²) in [6.45, 7) is 6.79. The van der Waals surface area contributed by atoms with Gasteiger partial charge in [-0.2, -0.15) is 0 Å². The largest absolute Gasteiger partial charge is 0.466 e. The van der Waals surface area contributed by atoms with Crippen molar-refractivity contribution in [1.29, 1.82) is 0 Å². The molecule has 108 valence electrons. The molecule has 2 aromatic rings. The smallest absolute Gasteiger partial charge is 0.307 e. The first-order valence-electron chi connectivity index (χ1n) is 7.19. The van der Waals surface area contributed by atoms with E-state index in [2.05, 4.69) is 47.3 Å². The van der Waals surface area contributed by atoms with Crippen LogP contribution in [0.4, 0.5) is 0 Å². The van der Waals surface area contributed by atoms with Gasteiger partial charge in [0.25, 0.3) is 0 Å². The topological polar surface area (TPSA) is 43.3 Å². The van der Waals surface area contributed by atoms with Crippen LogP contribution in [0.1, 0.15) is 25.8 Å². The molecule has 1 N–H and O–H groups in total. The van der Waals surface area contributed by atoms with Gasteiger partial charge in [0.15, 0.2) is 0 Å². The highest BCUT2D eigenvalue weighted by atomic mass is 16.5. The average molecular weight is 274 g/mol. The van der Waals surface area contributed by atoms with E-state index < -0.39 is 0 Å². The van der Waals surface area contributed by atoms with Crippen molar-refractivity contribution >= 4 is 16.9 Å². The van der Waals surface area contributed by atoms with E-state index in [-0.39, 0.29) is 5.97 Å². The van der Waals surface area contributed by atoms with Crippen molar-refractivity contribution in [3.8, 4) is 0 Å². The van der Waals surface area contributed by atoms with Crippen LogP contribution in [0.25, 0.3) is 10.9 Å². The molecule has 0 saturated heterocycles. The molecular formula is C16H22N2O2. The highest BCUT2D eigenvalue weighted by Gasteiger charge is 2.07. The number of rotatable bonds is 7. The van der Waals surface area contributed by atoms with Crippen LogP contribution in [0.15, 0.2) is 30.5 Å². The summed E-state index contributed by atoms with van der Waals surface area (Å²) in [5.74, 6) is -0.143. The number of ether oxygens (including phenoxy) is 1. The van der Waals surface area contributed by atoms with Crippen LogP contribution in [-0.2, 0) is 22.6 Å². The number of esters is 1. The molecular weight excluding hydrogens is 252 g/mol. The van der Waals surface area contributed by atoms with Crippen molar-refractivity contribution in [2.24, 2.45) is 0 Å². The van der Waals surface area contributed by atoms with Crippen LogP contribution >= 0.6 is 0 Å². The fourth-order valence-electron chi connectivity index (χ4n) is 2.37. The van der Waals surface area contributed by atoms with Crippen LogP contribution in [0.3, 0.4) is 0 Å². The summed E-state index contributed by atoms with van der Waals surface area (Å²) in [6.07, 6.45) is 2.60. The first-order chi connectivity index (χ1) is 9.76. The Bertz CT molecular complexity index is 575. The quantitative estimate of drug-likeness (QED) is 0.623. The number of aryl methyl sites for hydroxylation is 1. The van der Waals surface area contributed by atoms with Crippen LogP contribution in [0.5, 0.6) is 0 Å². The number of fused-ring (bicyclic) bond motifs is 1. The van der Waals surface area contributed by atoms with Crippen molar-refractivity contribution in [3.63, 3.8) is 0 Å². The lowest BCUT2D eigenvalue weighted by molar-refractivity contribution is -0.142. The van der Waals surface area contributed by atoms with Gasteiger partial charge in [0, 0.05) is 36.7 Å². The van der Waals surface area contributed by atoms with Gasteiger partial charge >= 0.3 is 5.97 Å². The number of nitrogens with one attached hydrogen (secondary N) is 1. The number of hydrogen-bond donors (Lipinski definition) is 1. The molecule has 0 atom stereocenters. The van der Waals surface area contributed by atoms with Crippen LogP contribution in [0.2, 0.25) is 0 Å². The molecule has 0 bridgehead atoms. The fourth-order valence-corrected chi connectivity index (χ4v) is 2.37. The molecule has 0 saturated carbocycles. The lowest BCUT2D eigenvalue weighted by Gasteiger charge is -2.04. The van der Waals surface area contributed by atoms with Gasteiger partial charge in [-0.05, 0) is 25.5 Å². The molecule has 1 heterocycles. The predicted octanol–water partition coefficient (Wildman–Crippen LogP) is 2.70. The van der Waals surface area contributed by atoms with E-state index in [1.165, 1.54) is 16.5 Å². The third-order valence-electron chi connectivity index (χ3n) is 3.34. The van der Waals surface area contributed by atoms with Gasteiger partial charge in [-0.3, -0.25) is 4.79 Å². The Labute approximate surface area is 119 Å². The molecule has 0 aliphatic rings. The normalized spacial score (nSPS) is 10.9. The molecule has 0 radical (unpaired) electrons. The maximum Gasteiger partial charge on any atom is 0.307 e. The van der Waals surface area contributed by atoms with E-state index in [4.69, 9.17) is 4.74 Å². The molecule has 0 amide bonds. The second kappa shape index (κ2) is 7.10. The lowest BCUT2D eigenvalue weighted by Crippen LogP contribution is -2.18. The number of nitrogens with zero attached hydrogens (tertiary/aromatic N) is 1. The van der Waals surface area contributed by atoms with Crippen molar-refractivity contribution in [2.75, 3.05) is 13.2 Å². The van der Waals surface area contributed by atoms with Gasteiger partial charge < -0.3 is 14.6 Å². The molecule has 4 nitrogen and oxygen atoms in total. The lowest BCUT2D eigenvalue weighted by atomic mass is 10.2. The number of carbonyl (C=O) groups excluding carboxylic acids is 1. The molecule has 0 aliphatic heterocycles. The molecule has 4 heteroatoms. The first kappa shape index (κ1) is 14.6. The van der Waals surface area contributed by atoms with Crippen LogP contribution in [-0.4, -0.2) is 23.7 Å². The minimum absolute atomic E-state index is 0.143. The molecule has 1 aromatic carbocycles. The summed E-state index contributed by atoms with van der Waals surface area (Å²) >= 11 is 0. The molecule has 2 rings (SSSR count). The van der Waals surface area contributed by atoms with Gasteiger partial charge in [-0.25, -0.2) is 0 Å². The van der Waals surface area contributed by atoms with Crippen molar-refractivity contribution in [2.45, 2.75) is 33.4 Å². The Morgan fingerprint density at radius 2 is 2.10 bits per heavy atom. The maximum atomic E-state index is 11.3. The zero-order chi connectivity index (χ0) is 14.4. The van der Waals surface area contributed by atoms with E-state index in [1.807, 2.05) is 6.92 Å². The van der Waals surface area contributed by atoms with Gasteiger partial charge in [0.1, 0.15) is 0 Å². The van der Waals surface area contributed by atoms with Crippen LogP contribution < -0.4 is 5.32 Å². The standard InChI is InChI=1S/C16H22N2O2/c1-3-18-12-13(14-7-5-6-8-15(14)18)11-17-10-9-16(19)20-4-2/h5-8,12,17H,3-4,9-11H2,1-2H3. The van der Waals surface area contributed by atoms with Crippen molar-refractivity contribution in [1.82, 2.24) is 9.88 Å². The molecule has 0 aliphatic carbocycles. The number of hydrogen-bond acceptors (Lipinski definition) is 3. The minimum atomic E-state index is -0.143. The third kappa shape index (κ3) is 3.39. The molecule has 0 fully saturated rings. The van der Waals surface area contributed by atoms with Gasteiger partial charge in [0.05, 0.1) is 13.0 Å². The Morgan fingerprint density at radius 1 is 1.30 bits per heavy atom. The molecule has 0 unspecified atom stereocenters. The Morgan fingerprint density at radius 3 is 2.85 bits per heavy atom. The van der Waals surface area contributed by atoms with E-state index in [1.54, 1.807) is 0 Å². The van der Waals surface area contributed by atoms with Crippen molar-refractivity contribution < 1.29 is 9.53 Å². The Hall–Kier alpha value is -1.81. The summed E-state index contributed by atoms with van der Waals surface area (Å²) in [5.41, 5.74) is 2.53. The van der Waals surface area contributed by atoms with E-state index in [0.717, 1.165) is 13.1 Å². The Balaban J connectivity index is 1.95. The minimum Gasteiger partial charge on any atom is -0.466 e. The summed E-state index contributed by atoms with van der Waals surface area (Å²) in [7, 11) is 0. The van der Waals surface area contributed by atoms with E-state index in [0.29, 0.717) is 19.6 Å². The predicted molar refractivity (Wildman–Crippen MR) is 80.6 cm³/mol. The second-order valence-corrected chi connectivity index (χ2v) is 4.69. The fraction of sp³-hybridized carbons (Fsp3) is 0.438. The van der Waals surface area contributed by atoms with Crippen molar-refractivity contribution in [3.05, 3.63) is 36.0 Å². The monoisotopic (exact) mass is 274 g/mol. The Kier molecular flexibility index (Phi) is 5.18. The second-order valence-electron chi connectivity index (χ2n) is 4.69. The SMILES string of the molecule is CCOC(=O)CCNCc1cn(CC)c2ccccc12. The molecule has 20 heavy (non-hydrogen) atoms. The van der Waals surface area contributed by atoms with Crippen LogP contribution in [0, 0.1) is 0 Å². The zero-order valence-corrected chi connectivity index (χ0v) is 12.2. The summed E-state index contributed by atoms with van der Waals surface area (Å²) in [4.78, 5) is 11.3.